The van der Waals surface area contributed by atoms with E-state index in [0.29, 0.717) is 28.4 Å². The van der Waals surface area contributed by atoms with Crippen molar-refractivity contribution in [3.63, 3.8) is 0 Å². The molecule has 4 rings (SSSR count). The minimum Gasteiger partial charge on any atom is -0.341 e. The molecule has 0 bridgehead atoms. The molecule has 1 aliphatic heterocycles. The van der Waals surface area contributed by atoms with Gasteiger partial charge in [-0.2, -0.15) is 4.39 Å². The van der Waals surface area contributed by atoms with Crippen LogP contribution in [0.2, 0.25) is 0 Å². The third kappa shape index (κ3) is 4.31. The Kier molecular flexibility index (Phi) is 5.88. The van der Waals surface area contributed by atoms with Crippen LogP contribution >= 0.6 is 43.2 Å². The van der Waals surface area contributed by atoms with E-state index in [-0.39, 0.29) is 27.6 Å². The maximum Gasteiger partial charge on any atom is 0.267 e. The molecule has 11 heteroatoms. The highest BCUT2D eigenvalue weighted by atomic mass is 79.9. The molecule has 0 radical (unpaired) electrons. The first-order chi connectivity index (χ1) is 13.9. The fourth-order valence-corrected chi connectivity index (χ4v) is 4.58. The summed E-state index contributed by atoms with van der Waals surface area (Å²) >= 11 is 7.74. The van der Waals surface area contributed by atoms with E-state index in [1.807, 2.05) is 4.90 Å². The Bertz CT molecular complexity index is 1040. The number of halogens is 4. The van der Waals surface area contributed by atoms with Gasteiger partial charge >= 0.3 is 0 Å². The summed E-state index contributed by atoms with van der Waals surface area (Å²) in [5, 5.41) is 2.74. The smallest absolute Gasteiger partial charge is 0.267 e. The molecule has 0 unspecified atom stereocenters. The van der Waals surface area contributed by atoms with E-state index in [4.69, 9.17) is 0 Å². The number of alkyl halides is 2. The molecule has 3 aromatic heterocycles. The summed E-state index contributed by atoms with van der Waals surface area (Å²) in [6.07, 6.45) is 2.44. The van der Waals surface area contributed by atoms with E-state index >= 15 is 0 Å². The summed E-state index contributed by atoms with van der Waals surface area (Å²) < 4.78 is 27.9. The van der Waals surface area contributed by atoms with E-state index in [1.54, 1.807) is 17.6 Å². The molecule has 1 fully saturated rings. The number of pyridine rings is 2. The lowest BCUT2D eigenvalue weighted by atomic mass is 10.1. The molecule has 1 aliphatic rings. The molecule has 4 heterocycles. The van der Waals surface area contributed by atoms with Crippen LogP contribution in [0.25, 0.3) is 11.3 Å². The largest absolute Gasteiger partial charge is 0.341 e. The van der Waals surface area contributed by atoms with Gasteiger partial charge in [-0.05, 0) is 34.1 Å². The van der Waals surface area contributed by atoms with Crippen LogP contribution in [0.3, 0.4) is 0 Å². The van der Waals surface area contributed by atoms with E-state index in [2.05, 4.69) is 52.1 Å². The summed E-state index contributed by atoms with van der Waals surface area (Å²) in [4.78, 5) is 26.7. The number of amides is 1. The molecule has 0 spiro atoms. The van der Waals surface area contributed by atoms with Crippen molar-refractivity contribution in [2.45, 2.75) is 17.5 Å². The number of aromatic nitrogens is 3. The zero-order chi connectivity index (χ0) is 20.5. The fraction of sp³-hybridized carbons (Fsp3) is 0.222. The summed E-state index contributed by atoms with van der Waals surface area (Å²) in [6, 6.07) is 4.89. The molecule has 1 N–H and O–H groups in total. The van der Waals surface area contributed by atoms with Gasteiger partial charge < -0.3 is 10.2 Å². The van der Waals surface area contributed by atoms with E-state index in [1.165, 1.54) is 29.8 Å². The quantitative estimate of drug-likeness (QED) is 0.283. The minimum atomic E-state index is -0.920. The van der Waals surface area contributed by atoms with Gasteiger partial charge in [-0.1, -0.05) is 15.9 Å². The molecule has 2 atom stereocenters. The Balaban J connectivity index is 1.65. The van der Waals surface area contributed by atoms with Gasteiger partial charge in [0, 0.05) is 18.2 Å². The van der Waals surface area contributed by atoms with Gasteiger partial charge in [-0.25, -0.2) is 14.4 Å². The van der Waals surface area contributed by atoms with E-state index in [0.717, 1.165) is 0 Å². The first kappa shape index (κ1) is 20.3. The third-order valence-electron chi connectivity index (χ3n) is 4.34. The maximum atomic E-state index is 14.1. The van der Waals surface area contributed by atoms with Gasteiger partial charge in [-0.15, -0.1) is 11.3 Å². The Hall–Kier alpha value is -1.98. The SMILES string of the molecule is O=C(Nc1cc(Br)c(F)nc1-c1ccc(N2C[C@H](F)C[C@H]2Br)nc1)c1cncs1. The highest BCUT2D eigenvalue weighted by molar-refractivity contribution is 9.10. The third-order valence-corrected chi connectivity index (χ3v) is 6.53. The maximum absolute atomic E-state index is 14.1. The van der Waals surface area contributed by atoms with Crippen LogP contribution in [0.4, 0.5) is 20.3 Å². The molecule has 29 heavy (non-hydrogen) atoms. The lowest BCUT2D eigenvalue weighted by Gasteiger charge is -2.21. The minimum absolute atomic E-state index is 0.124. The number of rotatable bonds is 4. The molecular weight excluding hydrogens is 532 g/mol. The van der Waals surface area contributed by atoms with Gasteiger partial charge in [0.15, 0.2) is 0 Å². The van der Waals surface area contributed by atoms with Crippen molar-refractivity contribution in [1.29, 1.82) is 0 Å². The monoisotopic (exact) mass is 543 g/mol. The summed E-state index contributed by atoms with van der Waals surface area (Å²) in [6.45, 7) is 0.254. The number of carbonyl (C=O) groups is 1. The first-order valence-electron chi connectivity index (χ1n) is 8.49. The average Bonchev–Trinajstić information content (AvgIpc) is 3.34. The fourth-order valence-electron chi connectivity index (χ4n) is 2.97. The lowest BCUT2D eigenvalue weighted by molar-refractivity contribution is 0.103. The van der Waals surface area contributed by atoms with E-state index in [9.17, 15) is 13.6 Å². The Morgan fingerprint density at radius 2 is 2.17 bits per heavy atom. The van der Waals surface area contributed by atoms with Crippen LogP contribution < -0.4 is 10.2 Å². The molecule has 0 saturated carbocycles. The average molecular weight is 545 g/mol. The predicted octanol–water partition coefficient (Wildman–Crippen LogP) is 5.02. The van der Waals surface area contributed by atoms with Gasteiger partial charge in [0.1, 0.15) is 16.9 Å². The number of hydrogen-bond acceptors (Lipinski definition) is 6. The van der Waals surface area contributed by atoms with Gasteiger partial charge in [0.05, 0.1) is 39.1 Å². The van der Waals surface area contributed by atoms with Gasteiger partial charge in [-0.3, -0.25) is 9.78 Å². The predicted molar refractivity (Wildman–Crippen MR) is 115 cm³/mol. The van der Waals surface area contributed by atoms with Crippen molar-refractivity contribution in [1.82, 2.24) is 15.0 Å². The number of nitrogens with zero attached hydrogens (tertiary/aromatic N) is 4. The number of thiazole rings is 1. The second-order valence-corrected chi connectivity index (χ2v) is 9.10. The van der Waals surface area contributed by atoms with Crippen LogP contribution in [-0.2, 0) is 0 Å². The molecule has 6 nitrogen and oxygen atoms in total. The zero-order valence-corrected chi connectivity index (χ0v) is 18.6. The van der Waals surface area contributed by atoms with Gasteiger partial charge in [0.25, 0.3) is 5.91 Å². The Morgan fingerprint density at radius 1 is 1.34 bits per heavy atom. The topological polar surface area (TPSA) is 71.0 Å². The summed E-state index contributed by atoms with van der Waals surface area (Å²) in [5.74, 6) is -0.476. The number of nitrogens with one attached hydrogen (secondary N) is 1. The standard InChI is InChI=1S/C18H13Br2F2N5OS/c19-11-4-12(25-18(28)13-6-23-8-29-13)16(26-17(11)22)9-1-2-15(24-5-9)27-7-10(21)3-14(27)20/h1-2,4-6,8,10,14H,3,7H2,(H,25,28)/t10-,14+/m1/s1. The van der Waals surface area contributed by atoms with Crippen molar-refractivity contribution in [2.75, 3.05) is 16.8 Å². The highest BCUT2D eigenvalue weighted by Crippen LogP contribution is 2.33. The number of hydrogen-bond donors (Lipinski definition) is 1. The molecule has 1 amide bonds. The van der Waals surface area contributed by atoms with Crippen LogP contribution in [0, 0.1) is 5.95 Å². The van der Waals surface area contributed by atoms with Crippen molar-refractivity contribution in [3.05, 3.63) is 51.4 Å². The summed E-state index contributed by atoms with van der Waals surface area (Å²) in [7, 11) is 0. The second kappa shape index (κ2) is 8.41. The molecule has 0 aromatic carbocycles. The van der Waals surface area contributed by atoms with Gasteiger partial charge in [0.2, 0.25) is 5.95 Å². The molecule has 3 aromatic rings. The zero-order valence-electron chi connectivity index (χ0n) is 14.7. The summed E-state index contributed by atoms with van der Waals surface area (Å²) in [5.41, 5.74) is 2.63. The van der Waals surface area contributed by atoms with Crippen LogP contribution in [-0.4, -0.2) is 38.5 Å². The number of carbonyl (C=O) groups excluding carboxylic acids is 1. The van der Waals surface area contributed by atoms with Crippen LogP contribution in [0.1, 0.15) is 16.1 Å². The highest BCUT2D eigenvalue weighted by Gasteiger charge is 2.31. The first-order valence-corrected chi connectivity index (χ1v) is 11.1. The van der Waals surface area contributed by atoms with Crippen molar-refractivity contribution in [2.24, 2.45) is 0 Å². The number of anilines is 2. The Labute approximate surface area is 185 Å². The van der Waals surface area contributed by atoms with Crippen molar-refractivity contribution < 1.29 is 13.6 Å². The van der Waals surface area contributed by atoms with Crippen molar-refractivity contribution >= 4 is 60.6 Å². The van der Waals surface area contributed by atoms with E-state index < -0.39 is 12.1 Å². The van der Waals surface area contributed by atoms with Crippen molar-refractivity contribution in [3.8, 4) is 11.3 Å². The second-order valence-electron chi connectivity index (χ2n) is 6.30. The molecular formula is C18H13Br2F2N5OS. The lowest BCUT2D eigenvalue weighted by Crippen LogP contribution is -2.25. The van der Waals surface area contributed by atoms with Crippen LogP contribution in [0.5, 0.6) is 0 Å². The van der Waals surface area contributed by atoms with Crippen LogP contribution in [0.15, 0.2) is 40.6 Å². The molecule has 150 valence electrons. The molecule has 0 aliphatic carbocycles. The normalized spacial score (nSPS) is 18.8. The molecule has 1 saturated heterocycles. The Morgan fingerprint density at radius 3 is 2.79 bits per heavy atom.